The summed E-state index contributed by atoms with van der Waals surface area (Å²) in [5.74, 6) is 0.482. The molecule has 0 fully saturated rings. The monoisotopic (exact) mass is 300 g/mol. The van der Waals surface area contributed by atoms with Gasteiger partial charge in [0.25, 0.3) is 0 Å². The Morgan fingerprint density at radius 1 is 1.10 bits per heavy atom. The van der Waals surface area contributed by atoms with E-state index in [4.69, 9.17) is 36.9 Å². The molecule has 1 aromatic rings. The molecule has 112 valence electrons. The number of nitrogens with two attached hydrogens (primary N) is 1. The molecular weight excluding hydrogens is 280 g/mol. The van der Waals surface area contributed by atoms with Crippen molar-refractivity contribution in [3.05, 3.63) is 23.9 Å². The molecule has 0 aliphatic carbocycles. The van der Waals surface area contributed by atoms with E-state index in [0.717, 1.165) is 0 Å². The Morgan fingerprint density at radius 3 is 2.40 bits per heavy atom. The molecule has 0 aromatic carbocycles. The third-order valence-electron chi connectivity index (χ3n) is 2.26. The van der Waals surface area contributed by atoms with E-state index in [0.29, 0.717) is 51.2 Å². The number of pyridine rings is 1. The van der Waals surface area contributed by atoms with Gasteiger partial charge in [-0.05, 0) is 6.07 Å². The van der Waals surface area contributed by atoms with Gasteiger partial charge in [0.15, 0.2) is 0 Å². The van der Waals surface area contributed by atoms with Gasteiger partial charge >= 0.3 is 0 Å². The molecule has 0 atom stereocenters. The number of ether oxygens (including phenoxy) is 4. The van der Waals surface area contributed by atoms with Crippen LogP contribution in [0.3, 0.4) is 0 Å². The first kappa shape index (κ1) is 16.8. The van der Waals surface area contributed by atoms with Crippen LogP contribution in [0.5, 0.6) is 5.88 Å². The first-order valence-electron chi connectivity index (χ1n) is 6.28. The largest absolute Gasteiger partial charge is 0.475 e. The van der Waals surface area contributed by atoms with Crippen molar-refractivity contribution in [2.75, 3.05) is 46.8 Å². The Labute approximate surface area is 124 Å². The number of aromatic nitrogens is 1. The van der Waals surface area contributed by atoms with Crippen molar-refractivity contribution in [1.82, 2.24) is 4.98 Å². The fourth-order valence-corrected chi connectivity index (χ4v) is 1.42. The van der Waals surface area contributed by atoms with Crippen molar-refractivity contribution in [2.24, 2.45) is 5.73 Å². The summed E-state index contributed by atoms with van der Waals surface area (Å²) in [5.41, 5.74) is 6.04. The van der Waals surface area contributed by atoms with Gasteiger partial charge in [-0.2, -0.15) is 0 Å². The highest BCUT2D eigenvalue weighted by Gasteiger charge is 2.00. The summed E-state index contributed by atoms with van der Waals surface area (Å²) in [7, 11) is 1.64. The second-order valence-corrected chi connectivity index (χ2v) is 4.23. The van der Waals surface area contributed by atoms with Crippen LogP contribution < -0.4 is 10.5 Å². The molecule has 0 unspecified atom stereocenters. The molecule has 0 amide bonds. The molecular formula is C13H20N2O4S. The summed E-state index contributed by atoms with van der Waals surface area (Å²) in [6, 6.07) is 5.28. The predicted octanol–water partition coefficient (Wildman–Crippen LogP) is 0.774. The molecule has 1 heterocycles. The minimum atomic E-state index is 0.250. The predicted molar refractivity (Wildman–Crippen MR) is 79.1 cm³/mol. The van der Waals surface area contributed by atoms with E-state index in [1.54, 1.807) is 25.3 Å². The van der Waals surface area contributed by atoms with Gasteiger partial charge in [-0.15, -0.1) is 0 Å². The standard InChI is InChI=1S/C13H20N2O4S/c1-16-5-6-17-7-8-18-9-10-19-12-4-2-3-11(15-12)13(14)20/h2-4H,5-10H2,1H3,(H2,14,20). The van der Waals surface area contributed by atoms with E-state index in [2.05, 4.69) is 4.98 Å². The van der Waals surface area contributed by atoms with Crippen molar-refractivity contribution in [1.29, 1.82) is 0 Å². The van der Waals surface area contributed by atoms with Gasteiger partial charge in [-0.1, -0.05) is 18.3 Å². The average molecular weight is 300 g/mol. The van der Waals surface area contributed by atoms with Crippen molar-refractivity contribution in [3.63, 3.8) is 0 Å². The zero-order valence-corrected chi connectivity index (χ0v) is 12.4. The number of hydrogen-bond acceptors (Lipinski definition) is 6. The summed E-state index contributed by atoms with van der Waals surface area (Å²) in [6.45, 7) is 3.10. The van der Waals surface area contributed by atoms with Crippen LogP contribution in [-0.2, 0) is 14.2 Å². The van der Waals surface area contributed by atoms with Crippen molar-refractivity contribution < 1.29 is 18.9 Å². The highest BCUT2D eigenvalue weighted by Crippen LogP contribution is 2.07. The van der Waals surface area contributed by atoms with Gasteiger partial charge in [0.2, 0.25) is 5.88 Å². The van der Waals surface area contributed by atoms with E-state index < -0.39 is 0 Å². The summed E-state index contributed by atoms with van der Waals surface area (Å²) in [6.07, 6.45) is 0. The molecule has 0 aliphatic heterocycles. The fraction of sp³-hybridized carbons (Fsp3) is 0.538. The van der Waals surface area contributed by atoms with Crippen LogP contribution in [0.2, 0.25) is 0 Å². The van der Waals surface area contributed by atoms with Crippen molar-refractivity contribution in [3.8, 4) is 5.88 Å². The van der Waals surface area contributed by atoms with Gasteiger partial charge < -0.3 is 24.7 Å². The minimum Gasteiger partial charge on any atom is -0.475 e. The third kappa shape index (κ3) is 7.34. The Hall–Kier alpha value is -1.28. The Balaban J connectivity index is 2.06. The molecule has 0 radical (unpaired) electrons. The van der Waals surface area contributed by atoms with Crippen molar-refractivity contribution >= 4 is 17.2 Å². The SMILES string of the molecule is COCCOCCOCCOc1cccc(C(N)=S)n1. The number of methoxy groups -OCH3 is 1. The lowest BCUT2D eigenvalue weighted by Crippen LogP contribution is -2.14. The van der Waals surface area contributed by atoms with Crippen LogP contribution in [0.25, 0.3) is 0 Å². The maximum Gasteiger partial charge on any atom is 0.213 e. The van der Waals surface area contributed by atoms with E-state index in [1.165, 1.54) is 0 Å². The van der Waals surface area contributed by atoms with Gasteiger partial charge in [-0.25, -0.2) is 4.98 Å². The molecule has 1 aromatic heterocycles. The van der Waals surface area contributed by atoms with E-state index in [-0.39, 0.29) is 4.99 Å². The second-order valence-electron chi connectivity index (χ2n) is 3.79. The molecule has 0 saturated carbocycles. The smallest absolute Gasteiger partial charge is 0.213 e. The van der Waals surface area contributed by atoms with Gasteiger partial charge in [-0.3, -0.25) is 0 Å². The van der Waals surface area contributed by atoms with Crippen LogP contribution in [0.4, 0.5) is 0 Å². The summed E-state index contributed by atoms with van der Waals surface area (Å²) < 4.78 is 20.9. The minimum absolute atomic E-state index is 0.250. The zero-order valence-electron chi connectivity index (χ0n) is 11.5. The van der Waals surface area contributed by atoms with Gasteiger partial charge in [0, 0.05) is 13.2 Å². The quantitative estimate of drug-likeness (QED) is 0.478. The van der Waals surface area contributed by atoms with E-state index in [9.17, 15) is 0 Å². The van der Waals surface area contributed by atoms with Gasteiger partial charge in [0.05, 0.1) is 33.0 Å². The van der Waals surface area contributed by atoms with E-state index in [1.807, 2.05) is 0 Å². The lowest BCUT2D eigenvalue weighted by molar-refractivity contribution is 0.0176. The van der Waals surface area contributed by atoms with E-state index >= 15 is 0 Å². The average Bonchev–Trinajstić information content (AvgIpc) is 2.46. The fourth-order valence-electron chi connectivity index (χ4n) is 1.30. The molecule has 0 bridgehead atoms. The Kier molecular flexibility index (Phi) is 8.81. The number of hydrogen-bond donors (Lipinski definition) is 1. The highest BCUT2D eigenvalue weighted by molar-refractivity contribution is 7.80. The maximum absolute atomic E-state index is 5.49. The Morgan fingerprint density at radius 2 is 1.75 bits per heavy atom. The molecule has 2 N–H and O–H groups in total. The third-order valence-corrected chi connectivity index (χ3v) is 2.47. The first-order valence-corrected chi connectivity index (χ1v) is 6.69. The lowest BCUT2D eigenvalue weighted by Gasteiger charge is -2.07. The first-order chi connectivity index (χ1) is 9.74. The number of nitrogens with zero attached hydrogens (tertiary/aromatic N) is 1. The summed E-state index contributed by atoms with van der Waals surface area (Å²) >= 11 is 4.85. The molecule has 0 saturated heterocycles. The normalized spacial score (nSPS) is 10.4. The molecule has 6 nitrogen and oxygen atoms in total. The highest BCUT2D eigenvalue weighted by atomic mass is 32.1. The molecule has 1 rings (SSSR count). The topological polar surface area (TPSA) is 75.8 Å². The van der Waals surface area contributed by atoms with Crippen LogP contribution in [0.1, 0.15) is 5.69 Å². The molecule has 20 heavy (non-hydrogen) atoms. The Bertz CT molecular complexity index is 404. The number of thiocarbonyl (C=S) groups is 1. The van der Waals surface area contributed by atoms with Crippen LogP contribution in [-0.4, -0.2) is 56.7 Å². The van der Waals surface area contributed by atoms with Crippen molar-refractivity contribution in [2.45, 2.75) is 0 Å². The second kappa shape index (κ2) is 10.5. The van der Waals surface area contributed by atoms with Crippen LogP contribution in [0, 0.1) is 0 Å². The molecule has 7 heteroatoms. The molecule has 0 spiro atoms. The van der Waals surface area contributed by atoms with Crippen LogP contribution >= 0.6 is 12.2 Å². The summed E-state index contributed by atoms with van der Waals surface area (Å²) in [5, 5.41) is 0. The summed E-state index contributed by atoms with van der Waals surface area (Å²) in [4.78, 5) is 4.41. The lowest BCUT2D eigenvalue weighted by atomic mass is 10.3. The molecule has 0 aliphatic rings. The maximum atomic E-state index is 5.49. The zero-order chi connectivity index (χ0) is 14.6. The number of rotatable bonds is 11. The van der Waals surface area contributed by atoms with Gasteiger partial charge in [0.1, 0.15) is 17.3 Å². The van der Waals surface area contributed by atoms with Crippen LogP contribution in [0.15, 0.2) is 18.2 Å².